The van der Waals surface area contributed by atoms with E-state index in [-0.39, 0.29) is 18.0 Å². The summed E-state index contributed by atoms with van der Waals surface area (Å²) in [5.74, 6) is 1.96. The van der Waals surface area contributed by atoms with E-state index in [4.69, 9.17) is 0 Å². The number of hydrogen-bond acceptors (Lipinski definition) is 3. The van der Waals surface area contributed by atoms with Gasteiger partial charge in [0.15, 0.2) is 5.17 Å². The van der Waals surface area contributed by atoms with E-state index < -0.39 is 0 Å². The van der Waals surface area contributed by atoms with Crippen molar-refractivity contribution >= 4 is 22.8 Å². The molecular formula is C13H23N3OS. The highest BCUT2D eigenvalue weighted by Gasteiger charge is 2.40. The van der Waals surface area contributed by atoms with Gasteiger partial charge in [-0.25, -0.2) is 0 Å². The Morgan fingerprint density at radius 2 is 2.39 bits per heavy atom. The second-order valence-corrected chi connectivity index (χ2v) is 6.77. The van der Waals surface area contributed by atoms with Crippen LogP contribution in [-0.2, 0) is 4.79 Å². The van der Waals surface area contributed by atoms with Crippen molar-refractivity contribution in [2.24, 2.45) is 10.9 Å². The molecule has 1 amide bonds. The van der Waals surface area contributed by atoms with Crippen molar-refractivity contribution in [3.8, 4) is 0 Å². The molecule has 0 radical (unpaired) electrons. The molecule has 0 aromatic carbocycles. The molecular weight excluding hydrogens is 246 g/mol. The van der Waals surface area contributed by atoms with Gasteiger partial charge < -0.3 is 10.2 Å². The third-order valence-corrected chi connectivity index (χ3v) is 5.01. The van der Waals surface area contributed by atoms with Crippen LogP contribution in [0.3, 0.4) is 0 Å². The Labute approximate surface area is 114 Å². The van der Waals surface area contributed by atoms with Crippen LogP contribution in [0.5, 0.6) is 0 Å². The largest absolute Gasteiger partial charge is 0.359 e. The number of nitrogens with one attached hydrogen (secondary N) is 1. The highest BCUT2D eigenvalue weighted by molar-refractivity contribution is 8.14. The minimum absolute atomic E-state index is 0.0582. The fraction of sp³-hybridized carbons (Fsp3) is 0.846. The first-order valence-electron chi connectivity index (χ1n) is 6.66. The summed E-state index contributed by atoms with van der Waals surface area (Å²) in [5, 5.41) is 4.53. The maximum atomic E-state index is 11.5. The van der Waals surface area contributed by atoms with Crippen molar-refractivity contribution in [1.82, 2.24) is 10.2 Å². The number of nitrogens with zero attached hydrogens (tertiary/aromatic N) is 2. The molecule has 2 aliphatic rings. The number of hydrogen-bond donors (Lipinski definition) is 1. The summed E-state index contributed by atoms with van der Waals surface area (Å²) in [6.07, 6.45) is 5.13. The van der Waals surface area contributed by atoms with Gasteiger partial charge in [0.2, 0.25) is 5.91 Å². The lowest BCUT2D eigenvalue weighted by Crippen LogP contribution is -2.47. The second kappa shape index (κ2) is 5.51. The summed E-state index contributed by atoms with van der Waals surface area (Å²) >= 11 is 1.77. The van der Waals surface area contributed by atoms with Gasteiger partial charge in [-0.2, -0.15) is 0 Å². The summed E-state index contributed by atoms with van der Waals surface area (Å²) in [6, 6.07) is 0. The molecule has 2 rings (SSSR count). The van der Waals surface area contributed by atoms with E-state index in [9.17, 15) is 4.79 Å². The van der Waals surface area contributed by atoms with Crippen molar-refractivity contribution < 1.29 is 4.79 Å². The molecule has 1 saturated carbocycles. The number of carbonyl (C=O) groups is 1. The third kappa shape index (κ3) is 3.19. The molecule has 1 aliphatic heterocycles. The van der Waals surface area contributed by atoms with Crippen LogP contribution in [0.25, 0.3) is 0 Å². The maximum Gasteiger partial charge on any atom is 0.243 e. The monoisotopic (exact) mass is 269 g/mol. The van der Waals surface area contributed by atoms with Gasteiger partial charge in [0.1, 0.15) is 6.54 Å². The molecule has 4 nitrogen and oxygen atoms in total. The van der Waals surface area contributed by atoms with Gasteiger partial charge in [0.25, 0.3) is 0 Å². The van der Waals surface area contributed by atoms with Crippen molar-refractivity contribution in [2.75, 3.05) is 26.4 Å². The van der Waals surface area contributed by atoms with Crippen LogP contribution in [0.4, 0.5) is 0 Å². The van der Waals surface area contributed by atoms with Crippen LogP contribution >= 0.6 is 11.8 Å². The predicted molar refractivity (Wildman–Crippen MR) is 77.0 cm³/mol. The van der Waals surface area contributed by atoms with E-state index in [0.717, 1.165) is 16.8 Å². The van der Waals surface area contributed by atoms with Crippen molar-refractivity contribution in [2.45, 2.75) is 38.1 Å². The zero-order valence-corrected chi connectivity index (χ0v) is 12.3. The van der Waals surface area contributed by atoms with Crippen molar-refractivity contribution in [1.29, 1.82) is 0 Å². The summed E-state index contributed by atoms with van der Waals surface area (Å²) in [6.45, 7) is 2.59. The number of amides is 1. The number of rotatable bonds is 2. The van der Waals surface area contributed by atoms with E-state index in [1.54, 1.807) is 30.8 Å². The number of thioether (sulfide) groups is 1. The molecule has 0 aromatic rings. The molecule has 18 heavy (non-hydrogen) atoms. The molecule has 0 bridgehead atoms. The van der Waals surface area contributed by atoms with Gasteiger partial charge >= 0.3 is 0 Å². The molecule has 1 spiro atoms. The number of aliphatic imine (C=N–C) groups is 1. The van der Waals surface area contributed by atoms with Crippen LogP contribution in [0.15, 0.2) is 4.99 Å². The first-order valence-corrected chi connectivity index (χ1v) is 7.65. The summed E-state index contributed by atoms with van der Waals surface area (Å²) in [5.41, 5.74) is 0.252. The Hall–Kier alpha value is -0.710. The minimum atomic E-state index is 0.0582. The SMILES string of the molecule is CC1CCCC2(CSC(=NCC(=O)N(C)C)N2)C1. The molecule has 5 heteroatoms. The van der Waals surface area contributed by atoms with Crippen molar-refractivity contribution in [3.63, 3.8) is 0 Å². The van der Waals surface area contributed by atoms with E-state index in [1.165, 1.54) is 25.7 Å². The van der Waals surface area contributed by atoms with Crippen LogP contribution in [0.1, 0.15) is 32.6 Å². The fourth-order valence-electron chi connectivity index (χ4n) is 2.78. The Balaban J connectivity index is 1.91. The Bertz CT molecular complexity index is 356. The summed E-state index contributed by atoms with van der Waals surface area (Å²) in [7, 11) is 3.53. The number of amidine groups is 1. The normalized spacial score (nSPS) is 33.7. The Morgan fingerprint density at radius 3 is 3.06 bits per heavy atom. The van der Waals surface area contributed by atoms with Crippen molar-refractivity contribution in [3.05, 3.63) is 0 Å². The summed E-state index contributed by atoms with van der Waals surface area (Å²) in [4.78, 5) is 17.5. The Kier molecular flexibility index (Phi) is 4.20. The van der Waals surface area contributed by atoms with E-state index in [2.05, 4.69) is 17.2 Å². The zero-order chi connectivity index (χ0) is 13.2. The quantitative estimate of drug-likeness (QED) is 0.830. The minimum Gasteiger partial charge on any atom is -0.359 e. The van der Waals surface area contributed by atoms with E-state index >= 15 is 0 Å². The average Bonchev–Trinajstić information content (AvgIpc) is 2.68. The van der Waals surface area contributed by atoms with Crippen LogP contribution in [0, 0.1) is 5.92 Å². The molecule has 0 aromatic heterocycles. The van der Waals surface area contributed by atoms with Gasteiger partial charge in [0.05, 0.1) is 0 Å². The smallest absolute Gasteiger partial charge is 0.243 e. The molecule has 2 unspecified atom stereocenters. The lowest BCUT2D eigenvalue weighted by molar-refractivity contribution is -0.127. The molecule has 1 aliphatic carbocycles. The number of carbonyl (C=O) groups excluding carboxylic acids is 1. The maximum absolute atomic E-state index is 11.5. The zero-order valence-electron chi connectivity index (χ0n) is 11.5. The fourth-order valence-corrected chi connectivity index (χ4v) is 3.97. The Morgan fingerprint density at radius 1 is 1.61 bits per heavy atom. The average molecular weight is 269 g/mol. The van der Waals surface area contributed by atoms with Crippen LogP contribution in [-0.4, -0.2) is 47.9 Å². The lowest BCUT2D eigenvalue weighted by Gasteiger charge is -2.36. The molecule has 1 N–H and O–H groups in total. The predicted octanol–water partition coefficient (Wildman–Crippen LogP) is 1.72. The van der Waals surface area contributed by atoms with Crippen LogP contribution in [0.2, 0.25) is 0 Å². The second-order valence-electron chi connectivity index (χ2n) is 5.81. The first kappa shape index (κ1) is 13.7. The highest BCUT2D eigenvalue weighted by Crippen LogP contribution is 2.38. The van der Waals surface area contributed by atoms with E-state index in [0.29, 0.717) is 0 Å². The molecule has 102 valence electrons. The van der Waals surface area contributed by atoms with Gasteiger partial charge in [-0.1, -0.05) is 31.5 Å². The first-order chi connectivity index (χ1) is 8.51. The third-order valence-electron chi connectivity index (χ3n) is 3.81. The summed E-state index contributed by atoms with van der Waals surface area (Å²) < 4.78 is 0. The molecule has 1 heterocycles. The van der Waals surface area contributed by atoms with Gasteiger partial charge in [-0.3, -0.25) is 9.79 Å². The van der Waals surface area contributed by atoms with Crippen LogP contribution < -0.4 is 5.32 Å². The van der Waals surface area contributed by atoms with Gasteiger partial charge in [-0.05, 0) is 18.8 Å². The van der Waals surface area contributed by atoms with E-state index in [1.807, 2.05) is 0 Å². The number of likely N-dealkylation sites (N-methyl/N-ethyl adjacent to an activating group) is 1. The highest BCUT2D eigenvalue weighted by atomic mass is 32.2. The van der Waals surface area contributed by atoms with Gasteiger partial charge in [-0.15, -0.1) is 0 Å². The standard InChI is InChI=1S/C13H23N3OS/c1-10-5-4-6-13(7-10)9-18-12(15-13)14-8-11(17)16(2)3/h10H,4-9H2,1-3H3,(H,14,15). The topological polar surface area (TPSA) is 44.7 Å². The molecule has 2 fully saturated rings. The van der Waals surface area contributed by atoms with Gasteiger partial charge in [0, 0.05) is 25.4 Å². The molecule has 1 saturated heterocycles. The lowest BCUT2D eigenvalue weighted by atomic mass is 9.78. The molecule has 2 atom stereocenters.